The molecule has 0 radical (unpaired) electrons. The van der Waals surface area contributed by atoms with Crippen LogP contribution in [0.15, 0.2) is 170 Å². The lowest BCUT2D eigenvalue weighted by Gasteiger charge is -2.33. The van der Waals surface area contributed by atoms with E-state index in [1.54, 1.807) is 0 Å². The van der Waals surface area contributed by atoms with Crippen LogP contribution in [0.4, 0.5) is 34.1 Å². The van der Waals surface area contributed by atoms with Gasteiger partial charge in [0.15, 0.2) is 0 Å². The molecule has 0 atom stereocenters. The van der Waals surface area contributed by atoms with Crippen LogP contribution in [0.25, 0.3) is 32.3 Å². The normalized spacial score (nSPS) is 12.0. The fourth-order valence-corrected chi connectivity index (χ4v) is 7.30. The molecule has 0 heterocycles. The standard InChI is InChI=1S/C50H46N2/c1-49(2,3)39-31-45-46(47(33-39)51(41-21-9-7-10-22-41)43-27-25-35-17-13-15-19-37(35)29-43)32-40(50(4,5)6)34-48(45)52(42-23-11-8-12-24-42)44-28-26-36-18-14-16-20-38(36)30-44/h7-34H,1-6H3. The van der Waals surface area contributed by atoms with Crippen LogP contribution < -0.4 is 9.80 Å². The molecule has 0 bridgehead atoms. The number of hydrogen-bond donors (Lipinski definition) is 0. The molecule has 8 aromatic rings. The summed E-state index contributed by atoms with van der Waals surface area (Å²) in [5.74, 6) is 0. The molecule has 52 heavy (non-hydrogen) atoms. The lowest BCUT2D eigenvalue weighted by atomic mass is 9.81. The lowest BCUT2D eigenvalue weighted by Crippen LogP contribution is -2.18. The first-order valence-electron chi connectivity index (χ1n) is 18.4. The molecule has 0 amide bonds. The van der Waals surface area contributed by atoms with E-state index in [0.717, 1.165) is 22.7 Å². The van der Waals surface area contributed by atoms with Crippen LogP contribution in [0.2, 0.25) is 0 Å². The van der Waals surface area contributed by atoms with Crippen LogP contribution >= 0.6 is 0 Å². The average Bonchev–Trinajstić information content (AvgIpc) is 3.15. The van der Waals surface area contributed by atoms with E-state index in [9.17, 15) is 0 Å². The van der Waals surface area contributed by atoms with Crippen LogP contribution in [0.5, 0.6) is 0 Å². The van der Waals surface area contributed by atoms with Crippen LogP contribution in [0, 0.1) is 0 Å². The van der Waals surface area contributed by atoms with Gasteiger partial charge in [-0.2, -0.15) is 0 Å². The Hall–Kier alpha value is -5.86. The highest BCUT2D eigenvalue weighted by atomic mass is 15.2. The van der Waals surface area contributed by atoms with Gasteiger partial charge in [0.2, 0.25) is 0 Å². The first-order valence-corrected chi connectivity index (χ1v) is 18.4. The Kier molecular flexibility index (Phi) is 8.35. The second kappa shape index (κ2) is 13.0. The number of rotatable bonds is 6. The second-order valence-electron chi connectivity index (χ2n) is 16.0. The fraction of sp³-hybridized carbons (Fsp3) is 0.160. The average molecular weight is 675 g/mol. The van der Waals surface area contributed by atoms with Crippen molar-refractivity contribution in [2.75, 3.05) is 9.80 Å². The Bertz CT molecular complexity index is 2360. The van der Waals surface area contributed by atoms with E-state index in [1.807, 2.05) is 0 Å². The van der Waals surface area contributed by atoms with E-state index in [0.29, 0.717) is 0 Å². The van der Waals surface area contributed by atoms with E-state index >= 15 is 0 Å². The highest BCUT2D eigenvalue weighted by Gasteiger charge is 2.27. The highest BCUT2D eigenvalue weighted by Crippen LogP contribution is 2.48. The SMILES string of the molecule is CC(C)(C)c1cc(N(c2ccccc2)c2ccc3ccccc3c2)c2cc(C(C)(C)C)cc(N(c3ccccc3)c3ccc4ccccc4c3)c2c1. The monoisotopic (exact) mass is 674 g/mol. The van der Waals surface area contributed by atoms with Gasteiger partial charge in [-0.3, -0.25) is 0 Å². The van der Waals surface area contributed by atoms with Crippen molar-refractivity contribution in [1.29, 1.82) is 0 Å². The van der Waals surface area contributed by atoms with E-state index < -0.39 is 0 Å². The third kappa shape index (κ3) is 6.31. The third-order valence-electron chi connectivity index (χ3n) is 10.3. The molecule has 2 nitrogen and oxygen atoms in total. The largest absolute Gasteiger partial charge is 0.310 e. The fourth-order valence-electron chi connectivity index (χ4n) is 7.30. The maximum Gasteiger partial charge on any atom is 0.0543 e. The van der Waals surface area contributed by atoms with E-state index in [4.69, 9.17) is 0 Å². The molecule has 0 saturated heterocycles. The van der Waals surface area contributed by atoms with Gasteiger partial charge in [0.05, 0.1) is 11.4 Å². The van der Waals surface area contributed by atoms with Crippen molar-refractivity contribution >= 4 is 66.4 Å². The Morgan fingerprint density at radius 1 is 0.308 bits per heavy atom. The zero-order chi connectivity index (χ0) is 36.0. The van der Waals surface area contributed by atoms with Gasteiger partial charge in [-0.25, -0.2) is 0 Å². The molecule has 0 saturated carbocycles. The van der Waals surface area contributed by atoms with Gasteiger partial charge in [-0.05, 0) is 116 Å². The maximum absolute atomic E-state index is 2.46. The predicted molar refractivity (Wildman–Crippen MR) is 226 cm³/mol. The topological polar surface area (TPSA) is 6.48 Å². The number of anilines is 6. The molecule has 0 aliphatic heterocycles. The van der Waals surface area contributed by atoms with Gasteiger partial charge in [0.1, 0.15) is 0 Å². The number of benzene rings is 8. The van der Waals surface area contributed by atoms with E-state index in [1.165, 1.54) is 54.8 Å². The van der Waals surface area contributed by atoms with Crippen LogP contribution in [0.1, 0.15) is 52.7 Å². The van der Waals surface area contributed by atoms with Gasteiger partial charge in [0.25, 0.3) is 0 Å². The Labute approximate surface area is 308 Å². The summed E-state index contributed by atoms with van der Waals surface area (Å²) < 4.78 is 0. The zero-order valence-electron chi connectivity index (χ0n) is 31.1. The molecular weight excluding hydrogens is 629 g/mol. The minimum Gasteiger partial charge on any atom is -0.310 e. The molecule has 0 N–H and O–H groups in total. The van der Waals surface area contributed by atoms with Gasteiger partial charge < -0.3 is 9.80 Å². The summed E-state index contributed by atoms with van der Waals surface area (Å²) in [5, 5.41) is 7.35. The molecule has 8 aromatic carbocycles. The number of hydrogen-bond acceptors (Lipinski definition) is 2. The quantitative estimate of drug-likeness (QED) is 0.173. The molecule has 0 fully saturated rings. The van der Waals surface area contributed by atoms with Crippen molar-refractivity contribution in [1.82, 2.24) is 0 Å². The van der Waals surface area contributed by atoms with Crippen LogP contribution in [0.3, 0.4) is 0 Å². The van der Waals surface area contributed by atoms with Gasteiger partial charge in [-0.1, -0.05) is 139 Å². The number of fused-ring (bicyclic) bond motifs is 3. The summed E-state index contributed by atoms with van der Waals surface area (Å²) in [6, 6.07) is 62.4. The molecular formula is C50H46N2. The minimum atomic E-state index is -0.102. The first kappa shape index (κ1) is 33.3. The summed E-state index contributed by atoms with van der Waals surface area (Å²) in [4.78, 5) is 4.92. The first-order chi connectivity index (χ1) is 25.0. The van der Waals surface area contributed by atoms with Gasteiger partial charge >= 0.3 is 0 Å². The third-order valence-corrected chi connectivity index (χ3v) is 10.3. The Morgan fingerprint density at radius 3 is 1.02 bits per heavy atom. The van der Waals surface area contributed by atoms with E-state index in [2.05, 4.69) is 221 Å². The van der Waals surface area contributed by atoms with Gasteiger partial charge in [-0.15, -0.1) is 0 Å². The molecule has 0 spiro atoms. The Morgan fingerprint density at radius 2 is 0.654 bits per heavy atom. The van der Waals surface area contributed by atoms with Crippen molar-refractivity contribution in [2.45, 2.75) is 52.4 Å². The second-order valence-corrected chi connectivity index (χ2v) is 16.0. The summed E-state index contributed by atoms with van der Waals surface area (Å²) in [6.45, 7) is 13.9. The molecule has 0 aliphatic carbocycles. The Balaban J connectivity index is 1.50. The van der Waals surface area contributed by atoms with E-state index in [-0.39, 0.29) is 10.8 Å². The van der Waals surface area contributed by atoms with Crippen molar-refractivity contribution in [2.24, 2.45) is 0 Å². The maximum atomic E-state index is 2.46. The highest BCUT2D eigenvalue weighted by molar-refractivity contribution is 6.08. The smallest absolute Gasteiger partial charge is 0.0543 e. The van der Waals surface area contributed by atoms with Crippen molar-refractivity contribution in [3.8, 4) is 0 Å². The van der Waals surface area contributed by atoms with Gasteiger partial charge in [0, 0.05) is 33.5 Å². The molecule has 0 unspecified atom stereocenters. The van der Waals surface area contributed by atoms with Crippen molar-refractivity contribution < 1.29 is 0 Å². The van der Waals surface area contributed by atoms with Crippen LogP contribution in [-0.4, -0.2) is 0 Å². The van der Waals surface area contributed by atoms with Crippen LogP contribution in [-0.2, 0) is 10.8 Å². The summed E-state index contributed by atoms with van der Waals surface area (Å²) in [5.41, 5.74) is 9.23. The number of para-hydroxylation sites is 2. The summed E-state index contributed by atoms with van der Waals surface area (Å²) in [6.07, 6.45) is 0. The summed E-state index contributed by atoms with van der Waals surface area (Å²) >= 11 is 0. The van der Waals surface area contributed by atoms with Crippen molar-refractivity contribution in [3.63, 3.8) is 0 Å². The molecule has 0 aliphatic rings. The summed E-state index contributed by atoms with van der Waals surface area (Å²) in [7, 11) is 0. The predicted octanol–water partition coefficient (Wildman–Crippen LogP) is 14.7. The van der Waals surface area contributed by atoms with Crippen molar-refractivity contribution in [3.05, 3.63) is 181 Å². The molecule has 8 rings (SSSR count). The number of nitrogens with zero attached hydrogens (tertiary/aromatic N) is 2. The molecule has 2 heteroatoms. The zero-order valence-corrected chi connectivity index (χ0v) is 31.1. The molecule has 256 valence electrons. The molecule has 0 aromatic heterocycles. The minimum absolute atomic E-state index is 0.102. The lowest BCUT2D eigenvalue weighted by molar-refractivity contribution is 0.589.